The fourth-order valence-electron chi connectivity index (χ4n) is 3.54. The lowest BCUT2D eigenvalue weighted by Crippen LogP contribution is -2.61. The molecule has 2 heteroatoms. The van der Waals surface area contributed by atoms with Crippen LogP contribution in [-0.2, 0) is 0 Å². The Kier molecular flexibility index (Phi) is 1.42. The Morgan fingerprint density at radius 3 is 2.64 bits per heavy atom. The molecule has 0 unspecified atom stereocenters. The van der Waals surface area contributed by atoms with Crippen LogP contribution in [0.1, 0.15) is 26.2 Å². The summed E-state index contributed by atoms with van der Waals surface area (Å²) in [6.07, 6.45) is 4.54. The van der Waals surface area contributed by atoms with E-state index in [2.05, 4.69) is 11.8 Å². The Bertz CT molecular complexity index is 166. The first-order chi connectivity index (χ1) is 4.82. The molecule has 11 heavy (non-hydrogen) atoms. The van der Waals surface area contributed by atoms with Gasteiger partial charge in [-0.25, -0.2) is 0 Å². The lowest BCUT2D eigenvalue weighted by molar-refractivity contribution is -0.0266. The largest absolute Gasteiger partial charge is 0.297 e. The Morgan fingerprint density at radius 2 is 1.91 bits per heavy atom. The summed E-state index contributed by atoms with van der Waals surface area (Å²) < 4.78 is 0. The molecular weight excluding hydrogens is 133 g/mol. The lowest BCUT2D eigenvalue weighted by Gasteiger charge is -2.51. The molecule has 1 aliphatic carbocycles. The fraction of sp³-hybridized carbons (Fsp3) is 1.00. The fourth-order valence-corrected chi connectivity index (χ4v) is 3.54. The maximum atomic E-state index is 2.70. The zero-order chi connectivity index (χ0) is 6.77. The molecule has 0 amide bonds. The van der Waals surface area contributed by atoms with E-state index in [-0.39, 0.29) is 8.41 Å². The third-order valence-corrected chi connectivity index (χ3v) is 4.39. The van der Waals surface area contributed by atoms with Gasteiger partial charge in [-0.1, -0.05) is 0 Å². The van der Waals surface area contributed by atoms with Crippen LogP contribution >= 0.6 is 0 Å². The van der Waals surface area contributed by atoms with Crippen molar-refractivity contribution >= 4 is 8.41 Å². The SMILES string of the molecule is C[C@@]12[C@H]3CC[C@@H]1CN2CC3.[B]. The van der Waals surface area contributed by atoms with Crippen molar-refractivity contribution in [2.75, 3.05) is 13.1 Å². The Balaban J connectivity index is 0.000000480. The second-order valence-corrected chi connectivity index (χ2v) is 4.43. The zero-order valence-electron chi connectivity index (χ0n) is 7.21. The van der Waals surface area contributed by atoms with Gasteiger partial charge in [-0.2, -0.15) is 0 Å². The van der Waals surface area contributed by atoms with Crippen molar-refractivity contribution in [1.29, 1.82) is 0 Å². The van der Waals surface area contributed by atoms with Crippen LogP contribution in [0.4, 0.5) is 0 Å². The number of hydrogen-bond acceptors (Lipinski definition) is 1. The van der Waals surface area contributed by atoms with Gasteiger partial charge in [0.1, 0.15) is 0 Å². The van der Waals surface area contributed by atoms with Gasteiger partial charge >= 0.3 is 0 Å². The van der Waals surface area contributed by atoms with Crippen LogP contribution in [0.15, 0.2) is 0 Å². The minimum atomic E-state index is 0. The van der Waals surface area contributed by atoms with Crippen molar-refractivity contribution in [1.82, 2.24) is 4.90 Å². The summed E-state index contributed by atoms with van der Waals surface area (Å²) in [4.78, 5) is 2.70. The standard InChI is InChI=1S/C9H15N.B/c1-9-7-2-3-8(9)6-10(9)5-4-7;/h7-8H,2-6H2,1H3;/t7-,8+,9+;/m0./s1. The van der Waals surface area contributed by atoms with Crippen LogP contribution in [0, 0.1) is 11.8 Å². The van der Waals surface area contributed by atoms with Gasteiger partial charge in [0, 0.05) is 20.5 Å². The molecule has 0 bridgehead atoms. The van der Waals surface area contributed by atoms with Gasteiger partial charge in [0.05, 0.1) is 0 Å². The molecule has 3 radical (unpaired) electrons. The molecule has 2 heterocycles. The summed E-state index contributed by atoms with van der Waals surface area (Å²) >= 11 is 0. The molecule has 2 aliphatic heterocycles. The Labute approximate surface area is 70.7 Å². The predicted octanol–water partition coefficient (Wildman–Crippen LogP) is 1.11. The van der Waals surface area contributed by atoms with E-state index >= 15 is 0 Å². The lowest BCUT2D eigenvalue weighted by atomic mass is 9.76. The molecule has 3 atom stereocenters. The van der Waals surface area contributed by atoms with Crippen molar-refractivity contribution in [2.45, 2.75) is 31.7 Å². The smallest absolute Gasteiger partial charge is 0.0250 e. The summed E-state index contributed by atoms with van der Waals surface area (Å²) in [5.41, 5.74) is 0.694. The van der Waals surface area contributed by atoms with Crippen molar-refractivity contribution in [2.24, 2.45) is 11.8 Å². The summed E-state index contributed by atoms with van der Waals surface area (Å²) in [5.74, 6) is 2.16. The first-order valence-electron chi connectivity index (χ1n) is 4.57. The molecule has 0 aromatic rings. The highest BCUT2D eigenvalue weighted by Crippen LogP contribution is 2.57. The third kappa shape index (κ3) is 0.629. The summed E-state index contributed by atoms with van der Waals surface area (Å²) in [5, 5.41) is 0. The maximum absolute atomic E-state index is 2.70. The highest BCUT2D eigenvalue weighted by molar-refractivity contribution is 5.75. The second-order valence-electron chi connectivity index (χ2n) is 4.43. The van der Waals surface area contributed by atoms with Crippen LogP contribution in [0.2, 0.25) is 0 Å². The normalized spacial score (nSPS) is 53.2. The molecule has 1 nitrogen and oxygen atoms in total. The maximum Gasteiger partial charge on any atom is 0.0250 e. The van der Waals surface area contributed by atoms with Crippen molar-refractivity contribution in [3.8, 4) is 0 Å². The molecule has 59 valence electrons. The first kappa shape index (κ1) is 7.66. The van der Waals surface area contributed by atoms with E-state index in [9.17, 15) is 0 Å². The molecule has 0 spiro atoms. The summed E-state index contributed by atoms with van der Waals surface area (Å²) in [6.45, 7) is 5.32. The monoisotopic (exact) mass is 148 g/mol. The highest BCUT2D eigenvalue weighted by Gasteiger charge is 2.60. The van der Waals surface area contributed by atoms with E-state index < -0.39 is 0 Å². The third-order valence-electron chi connectivity index (χ3n) is 4.39. The molecule has 0 aromatic carbocycles. The van der Waals surface area contributed by atoms with Gasteiger partial charge in [-0.15, -0.1) is 0 Å². The molecule has 1 saturated carbocycles. The number of nitrogens with zero attached hydrogens (tertiary/aromatic N) is 1. The summed E-state index contributed by atoms with van der Waals surface area (Å²) in [6, 6.07) is 0. The van der Waals surface area contributed by atoms with E-state index in [1.807, 2.05) is 0 Å². The van der Waals surface area contributed by atoms with E-state index in [1.165, 1.54) is 32.4 Å². The minimum Gasteiger partial charge on any atom is -0.297 e. The van der Waals surface area contributed by atoms with Gasteiger partial charge in [0.25, 0.3) is 0 Å². The number of hydrogen-bond donors (Lipinski definition) is 0. The summed E-state index contributed by atoms with van der Waals surface area (Å²) in [7, 11) is 0. The van der Waals surface area contributed by atoms with Gasteiger partial charge < -0.3 is 0 Å². The van der Waals surface area contributed by atoms with Crippen LogP contribution in [-0.4, -0.2) is 31.9 Å². The van der Waals surface area contributed by atoms with Crippen molar-refractivity contribution in [3.05, 3.63) is 0 Å². The zero-order valence-corrected chi connectivity index (χ0v) is 7.21. The van der Waals surface area contributed by atoms with Crippen molar-refractivity contribution < 1.29 is 0 Å². The number of rotatable bonds is 0. The average molecular weight is 148 g/mol. The van der Waals surface area contributed by atoms with Crippen molar-refractivity contribution in [3.63, 3.8) is 0 Å². The van der Waals surface area contributed by atoms with Gasteiger partial charge in [-0.3, -0.25) is 4.90 Å². The molecule has 0 aromatic heterocycles. The van der Waals surface area contributed by atoms with E-state index in [0.717, 1.165) is 11.8 Å². The first-order valence-corrected chi connectivity index (χ1v) is 4.57. The molecule has 3 fully saturated rings. The van der Waals surface area contributed by atoms with Crippen LogP contribution in [0.25, 0.3) is 0 Å². The average Bonchev–Trinajstić information content (AvgIpc) is 2.16. The van der Waals surface area contributed by atoms with Gasteiger partial charge in [0.2, 0.25) is 0 Å². The van der Waals surface area contributed by atoms with Gasteiger partial charge in [-0.05, 0) is 44.6 Å². The van der Waals surface area contributed by atoms with Gasteiger partial charge in [0.15, 0.2) is 0 Å². The minimum absolute atomic E-state index is 0. The second kappa shape index (κ2) is 2.04. The van der Waals surface area contributed by atoms with E-state index in [4.69, 9.17) is 0 Å². The molecule has 3 rings (SSSR count). The molecule has 0 N–H and O–H groups in total. The predicted molar refractivity (Wildman–Crippen MR) is 46.6 cm³/mol. The van der Waals surface area contributed by atoms with Crippen LogP contribution in [0.3, 0.4) is 0 Å². The van der Waals surface area contributed by atoms with Crippen LogP contribution < -0.4 is 0 Å². The molecular formula is C9H15BN. The quantitative estimate of drug-likeness (QED) is 0.465. The highest BCUT2D eigenvalue weighted by atomic mass is 15.3. The van der Waals surface area contributed by atoms with Crippen LogP contribution in [0.5, 0.6) is 0 Å². The molecule has 3 aliphatic rings. The van der Waals surface area contributed by atoms with E-state index in [0.29, 0.717) is 5.54 Å². The molecule has 2 saturated heterocycles. The topological polar surface area (TPSA) is 3.24 Å². The Hall–Kier alpha value is 0.0249. The Morgan fingerprint density at radius 1 is 1.18 bits per heavy atom. The van der Waals surface area contributed by atoms with E-state index in [1.54, 1.807) is 0 Å².